The Morgan fingerprint density at radius 2 is 1.90 bits per heavy atom. The topological polar surface area (TPSA) is 20.2 Å². The Morgan fingerprint density at radius 1 is 1.40 bits per heavy atom. The number of unbranched alkanes of at least 4 members (excludes halogenated alkanes) is 1. The number of thiol groups is 3. The number of rotatable bonds is 4. The fourth-order valence-electron chi connectivity index (χ4n) is 0.591. The SMILES string of the molecule is CCCCC(O)C(S)(S)S. The summed E-state index contributed by atoms with van der Waals surface area (Å²) < 4.78 is -0.852. The van der Waals surface area contributed by atoms with Crippen LogP contribution in [-0.4, -0.2) is 14.6 Å². The lowest BCUT2D eigenvalue weighted by Crippen LogP contribution is -2.25. The maximum Gasteiger partial charge on any atom is 0.124 e. The molecule has 0 saturated carbocycles. The molecule has 0 aromatic rings. The van der Waals surface area contributed by atoms with Gasteiger partial charge in [0.25, 0.3) is 0 Å². The van der Waals surface area contributed by atoms with E-state index in [1.807, 2.05) is 0 Å². The van der Waals surface area contributed by atoms with Gasteiger partial charge in [0.15, 0.2) is 0 Å². The molecule has 1 nitrogen and oxygen atoms in total. The third-order valence-electron chi connectivity index (χ3n) is 1.28. The molecule has 0 aliphatic heterocycles. The molecule has 1 N–H and O–H groups in total. The maximum atomic E-state index is 9.29. The lowest BCUT2D eigenvalue weighted by Gasteiger charge is -2.22. The molecule has 0 radical (unpaired) electrons. The molecule has 0 amide bonds. The van der Waals surface area contributed by atoms with E-state index in [9.17, 15) is 5.11 Å². The predicted octanol–water partition coefficient (Wildman–Crippen LogP) is 1.98. The number of hydrogen-bond acceptors (Lipinski definition) is 4. The lowest BCUT2D eigenvalue weighted by molar-refractivity contribution is 0.172. The van der Waals surface area contributed by atoms with Crippen LogP contribution in [0.15, 0.2) is 0 Å². The highest BCUT2D eigenvalue weighted by molar-refractivity contribution is 8.17. The van der Waals surface area contributed by atoms with Gasteiger partial charge in [0.05, 0.1) is 6.10 Å². The van der Waals surface area contributed by atoms with Crippen LogP contribution in [0, 0.1) is 0 Å². The van der Waals surface area contributed by atoms with Crippen molar-refractivity contribution in [2.24, 2.45) is 0 Å². The Bertz CT molecular complexity index is 89.5. The smallest absolute Gasteiger partial charge is 0.124 e. The minimum atomic E-state index is -0.852. The first kappa shape index (κ1) is 11.0. The summed E-state index contributed by atoms with van der Waals surface area (Å²) in [5.41, 5.74) is 0. The second kappa shape index (κ2) is 4.80. The zero-order valence-electron chi connectivity index (χ0n) is 5.99. The molecule has 1 unspecified atom stereocenters. The van der Waals surface area contributed by atoms with Gasteiger partial charge < -0.3 is 5.11 Å². The highest BCUT2D eigenvalue weighted by Gasteiger charge is 2.24. The van der Waals surface area contributed by atoms with E-state index >= 15 is 0 Å². The molecule has 0 fully saturated rings. The lowest BCUT2D eigenvalue weighted by atomic mass is 10.2. The zero-order chi connectivity index (χ0) is 8.20. The monoisotopic (exact) mass is 198 g/mol. The van der Waals surface area contributed by atoms with Crippen molar-refractivity contribution in [3.8, 4) is 0 Å². The van der Waals surface area contributed by atoms with Crippen LogP contribution < -0.4 is 0 Å². The van der Waals surface area contributed by atoms with Crippen molar-refractivity contribution in [3.63, 3.8) is 0 Å². The first-order valence-corrected chi connectivity index (χ1v) is 4.67. The van der Waals surface area contributed by atoms with Crippen LogP contribution in [0.25, 0.3) is 0 Å². The Balaban J connectivity index is 3.52. The van der Waals surface area contributed by atoms with E-state index < -0.39 is 9.52 Å². The van der Waals surface area contributed by atoms with Crippen molar-refractivity contribution in [1.29, 1.82) is 0 Å². The largest absolute Gasteiger partial charge is 0.390 e. The Labute approximate surface area is 78.8 Å². The molecule has 0 rings (SSSR count). The number of aliphatic hydroxyl groups excluding tert-OH is 1. The third-order valence-corrected chi connectivity index (χ3v) is 2.17. The third kappa shape index (κ3) is 4.77. The average molecular weight is 198 g/mol. The van der Waals surface area contributed by atoms with Gasteiger partial charge in [-0.05, 0) is 6.42 Å². The van der Waals surface area contributed by atoms with E-state index in [1.54, 1.807) is 0 Å². The summed E-state index contributed by atoms with van der Waals surface area (Å²) in [5.74, 6) is 0. The Hall–Kier alpha value is 1.01. The molecule has 0 saturated heterocycles. The van der Waals surface area contributed by atoms with Crippen LogP contribution >= 0.6 is 37.9 Å². The molecular formula is C6H14OS3. The van der Waals surface area contributed by atoms with Crippen LogP contribution in [0.3, 0.4) is 0 Å². The molecule has 62 valence electrons. The predicted molar refractivity (Wildman–Crippen MR) is 55.2 cm³/mol. The van der Waals surface area contributed by atoms with Crippen LogP contribution in [0.4, 0.5) is 0 Å². The Kier molecular flexibility index (Phi) is 5.29. The summed E-state index contributed by atoms with van der Waals surface area (Å²) in [7, 11) is 0. The molecule has 0 heterocycles. The summed E-state index contributed by atoms with van der Waals surface area (Å²) in [6.07, 6.45) is 2.24. The average Bonchev–Trinajstić information content (AvgIpc) is 1.80. The molecule has 1 atom stereocenters. The van der Waals surface area contributed by atoms with Crippen LogP contribution in [0.2, 0.25) is 0 Å². The normalized spacial score (nSPS) is 15.3. The van der Waals surface area contributed by atoms with E-state index in [4.69, 9.17) is 0 Å². The second-order valence-electron chi connectivity index (χ2n) is 2.35. The summed E-state index contributed by atoms with van der Waals surface area (Å²) in [4.78, 5) is 0. The number of hydrogen-bond donors (Lipinski definition) is 4. The molecule has 0 spiro atoms. The van der Waals surface area contributed by atoms with E-state index in [0.717, 1.165) is 12.8 Å². The fraction of sp³-hybridized carbons (Fsp3) is 1.00. The second-order valence-corrected chi connectivity index (χ2v) is 5.52. The quantitative estimate of drug-likeness (QED) is 0.402. The van der Waals surface area contributed by atoms with Crippen molar-refractivity contribution >= 4 is 37.9 Å². The first-order chi connectivity index (χ1) is 4.48. The van der Waals surface area contributed by atoms with Gasteiger partial charge in [-0.1, -0.05) is 19.8 Å². The summed E-state index contributed by atoms with van der Waals surface area (Å²) >= 11 is 12.0. The van der Waals surface area contributed by atoms with Gasteiger partial charge in [-0.2, -0.15) is 0 Å². The molecule has 0 bridgehead atoms. The minimum Gasteiger partial charge on any atom is -0.390 e. The van der Waals surface area contributed by atoms with E-state index in [1.165, 1.54) is 0 Å². The summed E-state index contributed by atoms with van der Waals surface area (Å²) in [6, 6.07) is 0. The van der Waals surface area contributed by atoms with Gasteiger partial charge in [0.1, 0.15) is 3.41 Å². The first-order valence-electron chi connectivity index (χ1n) is 3.33. The number of aliphatic hydroxyl groups is 1. The van der Waals surface area contributed by atoms with E-state index in [0.29, 0.717) is 6.42 Å². The minimum absolute atomic E-state index is 0.539. The van der Waals surface area contributed by atoms with E-state index in [-0.39, 0.29) is 0 Å². The molecule has 4 heteroatoms. The van der Waals surface area contributed by atoms with Gasteiger partial charge in [0.2, 0.25) is 0 Å². The van der Waals surface area contributed by atoms with Gasteiger partial charge in [0, 0.05) is 0 Å². The highest BCUT2D eigenvalue weighted by Crippen LogP contribution is 2.30. The molecule has 0 aliphatic rings. The van der Waals surface area contributed by atoms with Crippen LogP contribution in [0.1, 0.15) is 26.2 Å². The van der Waals surface area contributed by atoms with Crippen molar-refractivity contribution in [1.82, 2.24) is 0 Å². The Morgan fingerprint density at radius 3 is 2.20 bits per heavy atom. The zero-order valence-corrected chi connectivity index (χ0v) is 8.67. The molecule has 0 aromatic heterocycles. The van der Waals surface area contributed by atoms with Crippen molar-refractivity contribution in [3.05, 3.63) is 0 Å². The summed E-state index contributed by atoms with van der Waals surface area (Å²) in [6.45, 7) is 2.07. The van der Waals surface area contributed by atoms with Crippen molar-refractivity contribution in [2.75, 3.05) is 0 Å². The van der Waals surface area contributed by atoms with Gasteiger partial charge in [-0.3, -0.25) is 0 Å². The standard InChI is InChI=1S/C6H14OS3/c1-2-3-4-5(7)6(8,9)10/h5,7-10H,2-4H2,1H3. The van der Waals surface area contributed by atoms with Gasteiger partial charge in [-0.25, -0.2) is 0 Å². The van der Waals surface area contributed by atoms with Gasteiger partial charge >= 0.3 is 0 Å². The maximum absolute atomic E-state index is 9.29. The molecule has 0 aliphatic carbocycles. The highest BCUT2D eigenvalue weighted by atomic mass is 32.2. The van der Waals surface area contributed by atoms with Crippen LogP contribution in [-0.2, 0) is 0 Å². The molecule has 0 aromatic carbocycles. The van der Waals surface area contributed by atoms with E-state index in [2.05, 4.69) is 44.8 Å². The molecule has 10 heavy (non-hydrogen) atoms. The fourth-order valence-corrected chi connectivity index (χ4v) is 0.978. The summed E-state index contributed by atoms with van der Waals surface area (Å²) in [5, 5.41) is 9.29. The van der Waals surface area contributed by atoms with Gasteiger partial charge in [-0.15, -0.1) is 37.9 Å². The van der Waals surface area contributed by atoms with Crippen molar-refractivity contribution in [2.45, 2.75) is 35.7 Å². The van der Waals surface area contributed by atoms with Crippen molar-refractivity contribution < 1.29 is 5.11 Å². The van der Waals surface area contributed by atoms with Crippen LogP contribution in [0.5, 0.6) is 0 Å². The molecular weight excluding hydrogens is 184 g/mol.